The van der Waals surface area contributed by atoms with E-state index < -0.39 is 0 Å². The molecule has 0 spiro atoms. The van der Waals surface area contributed by atoms with Gasteiger partial charge >= 0.3 is 6.03 Å². The zero-order valence-corrected chi connectivity index (χ0v) is 15.4. The topological polar surface area (TPSA) is 57.7 Å². The Kier molecular flexibility index (Phi) is 6.07. The molecule has 0 bridgehead atoms. The molecule has 2 aromatic rings. The van der Waals surface area contributed by atoms with E-state index in [1.807, 2.05) is 61.5 Å². The number of benzene rings is 1. The van der Waals surface area contributed by atoms with Crippen molar-refractivity contribution >= 4 is 11.7 Å². The Bertz CT molecular complexity index is 728. The van der Waals surface area contributed by atoms with Crippen LogP contribution in [-0.4, -0.2) is 53.6 Å². The van der Waals surface area contributed by atoms with Crippen LogP contribution < -0.4 is 10.1 Å². The molecule has 0 atom stereocenters. The Morgan fingerprint density at radius 3 is 2.54 bits per heavy atom. The molecular formula is C20H26N4O2. The summed E-state index contributed by atoms with van der Waals surface area (Å²) in [6.45, 7) is 8.67. The Balaban J connectivity index is 1.51. The van der Waals surface area contributed by atoms with Crippen LogP contribution in [0.3, 0.4) is 0 Å². The van der Waals surface area contributed by atoms with Crippen LogP contribution >= 0.6 is 0 Å². The largest absolute Gasteiger partial charge is 0.494 e. The van der Waals surface area contributed by atoms with Gasteiger partial charge < -0.3 is 15.0 Å². The summed E-state index contributed by atoms with van der Waals surface area (Å²) >= 11 is 0. The lowest BCUT2D eigenvalue weighted by atomic mass is 10.2. The molecule has 1 aliphatic heterocycles. The summed E-state index contributed by atoms with van der Waals surface area (Å²) in [5.74, 6) is 0.827. The molecule has 26 heavy (non-hydrogen) atoms. The number of rotatable bonds is 5. The Morgan fingerprint density at radius 2 is 1.88 bits per heavy atom. The number of urea groups is 1. The lowest BCUT2D eigenvalue weighted by Gasteiger charge is -2.34. The third-order valence-corrected chi connectivity index (χ3v) is 4.57. The van der Waals surface area contributed by atoms with Gasteiger partial charge in [-0.3, -0.25) is 9.88 Å². The van der Waals surface area contributed by atoms with E-state index in [1.54, 1.807) is 0 Å². The summed E-state index contributed by atoms with van der Waals surface area (Å²) < 4.78 is 5.49. The minimum Gasteiger partial charge on any atom is -0.494 e. The molecule has 1 aliphatic rings. The number of carbonyl (C=O) groups is 1. The lowest BCUT2D eigenvalue weighted by molar-refractivity contribution is 0.143. The third-order valence-electron chi connectivity index (χ3n) is 4.57. The number of amides is 2. The number of nitrogens with zero attached hydrogens (tertiary/aromatic N) is 3. The molecule has 6 heteroatoms. The van der Waals surface area contributed by atoms with Crippen LogP contribution in [0.1, 0.15) is 18.1 Å². The van der Waals surface area contributed by atoms with Crippen LogP contribution in [0, 0.1) is 6.92 Å². The second-order valence-corrected chi connectivity index (χ2v) is 6.46. The second kappa shape index (κ2) is 8.67. The zero-order chi connectivity index (χ0) is 18.4. The number of anilines is 1. The molecule has 138 valence electrons. The first-order valence-electron chi connectivity index (χ1n) is 9.06. The Morgan fingerprint density at radius 1 is 1.15 bits per heavy atom. The number of carbonyl (C=O) groups excluding carboxylic acids is 1. The average molecular weight is 354 g/mol. The van der Waals surface area contributed by atoms with Crippen molar-refractivity contribution < 1.29 is 9.53 Å². The molecule has 2 heterocycles. The second-order valence-electron chi connectivity index (χ2n) is 6.46. The standard InChI is InChI=1S/C20H26N4O2/c1-3-26-18-4-5-19(16(2)14-18)22-20(25)24-12-10-23(11-13-24)15-17-6-8-21-9-7-17/h4-9,14H,3,10-13,15H2,1-2H3,(H,22,25). The number of aryl methyl sites for hydroxylation is 1. The fraction of sp³-hybridized carbons (Fsp3) is 0.400. The van der Waals surface area contributed by atoms with E-state index >= 15 is 0 Å². The molecule has 6 nitrogen and oxygen atoms in total. The third kappa shape index (κ3) is 4.73. The maximum absolute atomic E-state index is 12.6. The average Bonchev–Trinajstić information content (AvgIpc) is 2.65. The maximum atomic E-state index is 12.6. The molecule has 1 N–H and O–H groups in total. The van der Waals surface area contributed by atoms with Gasteiger partial charge in [0.05, 0.1) is 6.61 Å². The molecule has 3 rings (SSSR count). The number of piperazine rings is 1. The van der Waals surface area contributed by atoms with E-state index in [0.717, 1.165) is 49.7 Å². The smallest absolute Gasteiger partial charge is 0.321 e. The number of hydrogen-bond donors (Lipinski definition) is 1. The van der Waals surface area contributed by atoms with Crippen molar-refractivity contribution in [3.8, 4) is 5.75 Å². The van der Waals surface area contributed by atoms with Crippen molar-refractivity contribution in [2.75, 3.05) is 38.1 Å². The quantitative estimate of drug-likeness (QED) is 0.896. The van der Waals surface area contributed by atoms with Gasteiger partial charge in [-0.25, -0.2) is 4.79 Å². The number of aromatic nitrogens is 1. The summed E-state index contributed by atoms with van der Waals surface area (Å²) in [6.07, 6.45) is 3.64. The molecule has 1 fully saturated rings. The van der Waals surface area contributed by atoms with Gasteiger partial charge in [0, 0.05) is 50.8 Å². The fourth-order valence-corrected chi connectivity index (χ4v) is 3.08. The van der Waals surface area contributed by atoms with E-state index in [-0.39, 0.29) is 6.03 Å². The van der Waals surface area contributed by atoms with Crippen molar-refractivity contribution in [2.45, 2.75) is 20.4 Å². The van der Waals surface area contributed by atoms with Gasteiger partial charge in [-0.1, -0.05) is 0 Å². The van der Waals surface area contributed by atoms with E-state index in [4.69, 9.17) is 4.74 Å². The Hall–Kier alpha value is -2.60. The number of pyridine rings is 1. The summed E-state index contributed by atoms with van der Waals surface area (Å²) in [6, 6.07) is 9.77. The molecule has 0 unspecified atom stereocenters. The fourth-order valence-electron chi connectivity index (χ4n) is 3.08. The van der Waals surface area contributed by atoms with Crippen LogP contribution in [0.4, 0.5) is 10.5 Å². The lowest BCUT2D eigenvalue weighted by Crippen LogP contribution is -2.49. The molecule has 2 amide bonds. The molecule has 0 saturated carbocycles. The molecular weight excluding hydrogens is 328 g/mol. The van der Waals surface area contributed by atoms with E-state index in [2.05, 4.69) is 15.2 Å². The number of ether oxygens (including phenoxy) is 1. The number of hydrogen-bond acceptors (Lipinski definition) is 4. The SMILES string of the molecule is CCOc1ccc(NC(=O)N2CCN(Cc3ccncc3)CC2)c(C)c1. The minimum absolute atomic E-state index is 0.0409. The highest BCUT2D eigenvalue weighted by Gasteiger charge is 2.21. The van der Waals surface area contributed by atoms with Gasteiger partial charge in [0.1, 0.15) is 5.75 Å². The molecule has 1 aromatic carbocycles. The van der Waals surface area contributed by atoms with E-state index in [0.29, 0.717) is 6.61 Å². The predicted molar refractivity (Wildman–Crippen MR) is 102 cm³/mol. The van der Waals surface area contributed by atoms with E-state index in [9.17, 15) is 4.79 Å². The van der Waals surface area contributed by atoms with Gasteiger partial charge in [0.25, 0.3) is 0 Å². The van der Waals surface area contributed by atoms with Gasteiger partial charge in [-0.2, -0.15) is 0 Å². The van der Waals surface area contributed by atoms with Crippen molar-refractivity contribution in [3.63, 3.8) is 0 Å². The molecule has 0 radical (unpaired) electrons. The summed E-state index contributed by atoms with van der Waals surface area (Å²) in [7, 11) is 0. The van der Waals surface area contributed by atoms with Crippen LogP contribution in [0.2, 0.25) is 0 Å². The van der Waals surface area contributed by atoms with Crippen molar-refractivity contribution in [1.82, 2.24) is 14.8 Å². The van der Waals surface area contributed by atoms with Gasteiger partial charge in [0.2, 0.25) is 0 Å². The first kappa shape index (κ1) is 18.2. The Labute approximate surface area is 154 Å². The first-order valence-corrected chi connectivity index (χ1v) is 9.06. The maximum Gasteiger partial charge on any atom is 0.321 e. The summed E-state index contributed by atoms with van der Waals surface area (Å²) in [4.78, 5) is 20.8. The number of nitrogens with one attached hydrogen (secondary N) is 1. The first-order chi connectivity index (χ1) is 12.7. The predicted octanol–water partition coefficient (Wildman–Crippen LogP) is 3.14. The molecule has 0 aliphatic carbocycles. The van der Waals surface area contributed by atoms with E-state index in [1.165, 1.54) is 5.56 Å². The highest BCUT2D eigenvalue weighted by Crippen LogP contribution is 2.22. The van der Waals surface area contributed by atoms with Crippen molar-refractivity contribution in [1.29, 1.82) is 0 Å². The highest BCUT2D eigenvalue weighted by atomic mass is 16.5. The summed E-state index contributed by atoms with van der Waals surface area (Å²) in [5, 5.41) is 3.02. The highest BCUT2D eigenvalue weighted by molar-refractivity contribution is 5.90. The molecule has 1 saturated heterocycles. The minimum atomic E-state index is -0.0409. The molecule has 1 aromatic heterocycles. The summed E-state index contributed by atoms with van der Waals surface area (Å²) in [5.41, 5.74) is 3.08. The van der Waals surface area contributed by atoms with Crippen LogP contribution in [0.25, 0.3) is 0 Å². The van der Waals surface area contributed by atoms with Gasteiger partial charge in [-0.05, 0) is 55.3 Å². The van der Waals surface area contributed by atoms with Crippen LogP contribution in [0.15, 0.2) is 42.7 Å². The normalized spacial score (nSPS) is 14.9. The van der Waals surface area contributed by atoms with Crippen LogP contribution in [0.5, 0.6) is 5.75 Å². The van der Waals surface area contributed by atoms with Crippen molar-refractivity contribution in [3.05, 3.63) is 53.9 Å². The van der Waals surface area contributed by atoms with Gasteiger partial charge in [-0.15, -0.1) is 0 Å². The van der Waals surface area contributed by atoms with Crippen LogP contribution in [-0.2, 0) is 6.54 Å². The monoisotopic (exact) mass is 354 g/mol. The zero-order valence-electron chi connectivity index (χ0n) is 15.4. The van der Waals surface area contributed by atoms with Crippen molar-refractivity contribution in [2.24, 2.45) is 0 Å². The van der Waals surface area contributed by atoms with Gasteiger partial charge in [0.15, 0.2) is 0 Å².